The van der Waals surface area contributed by atoms with Crippen LogP contribution in [0, 0.1) is 5.92 Å². The zero-order valence-electron chi connectivity index (χ0n) is 18.5. The molecular weight excluding hydrogens is 384 g/mol. The Balaban J connectivity index is 2.29. The molecule has 0 amide bonds. The Morgan fingerprint density at radius 2 is 1.93 bits per heavy atom. The van der Waals surface area contributed by atoms with Gasteiger partial charge in [-0.1, -0.05) is 42.4 Å². The first-order chi connectivity index (χ1) is 14.1. The van der Waals surface area contributed by atoms with Crippen LogP contribution in [0.25, 0.3) is 0 Å². The zero-order valence-corrected chi connectivity index (χ0v) is 18.5. The molecule has 1 aliphatic rings. The lowest BCUT2D eigenvalue weighted by molar-refractivity contribution is -0.151. The second kappa shape index (κ2) is 13.3. The first-order valence-electron chi connectivity index (χ1n) is 10.6. The number of esters is 1. The van der Waals surface area contributed by atoms with Crippen LogP contribution in [0.4, 0.5) is 0 Å². The summed E-state index contributed by atoms with van der Waals surface area (Å²) < 4.78 is 4.67. The van der Waals surface area contributed by atoms with Crippen LogP contribution >= 0.6 is 0 Å². The number of aliphatic hydroxyl groups is 3. The van der Waals surface area contributed by atoms with Crippen molar-refractivity contribution >= 4 is 11.8 Å². The lowest BCUT2D eigenvalue weighted by Gasteiger charge is -2.15. The molecule has 0 fully saturated rings. The highest BCUT2D eigenvalue weighted by Gasteiger charge is 2.22. The van der Waals surface area contributed by atoms with E-state index in [0.29, 0.717) is 24.3 Å². The van der Waals surface area contributed by atoms with Crippen LogP contribution in [0.15, 0.2) is 47.1 Å². The quantitative estimate of drug-likeness (QED) is 0.239. The molecule has 30 heavy (non-hydrogen) atoms. The van der Waals surface area contributed by atoms with E-state index in [9.17, 15) is 24.9 Å². The minimum atomic E-state index is -1.32. The smallest absolute Gasteiger partial charge is 0.333 e. The summed E-state index contributed by atoms with van der Waals surface area (Å²) in [6, 6.07) is 0. The van der Waals surface area contributed by atoms with Gasteiger partial charge in [0.2, 0.25) is 6.29 Å². The summed E-state index contributed by atoms with van der Waals surface area (Å²) in [5.74, 6) is -0.501. The van der Waals surface area contributed by atoms with Gasteiger partial charge in [0.1, 0.15) is 6.10 Å². The lowest BCUT2D eigenvalue weighted by Crippen LogP contribution is -2.32. The number of ketones is 1. The Labute approximate surface area is 179 Å². The fourth-order valence-electron chi connectivity index (χ4n) is 3.19. The van der Waals surface area contributed by atoms with Crippen molar-refractivity contribution in [2.75, 3.05) is 0 Å². The number of rotatable bonds is 13. The van der Waals surface area contributed by atoms with E-state index in [2.05, 4.69) is 36.8 Å². The number of ether oxygens (including phenoxy) is 1. The molecule has 4 atom stereocenters. The number of cyclic esters (lactones) is 1. The molecule has 6 heteroatoms. The summed E-state index contributed by atoms with van der Waals surface area (Å²) in [5.41, 5.74) is 2.83. The third-order valence-electron chi connectivity index (χ3n) is 5.13. The Morgan fingerprint density at radius 1 is 1.23 bits per heavy atom. The van der Waals surface area contributed by atoms with Crippen LogP contribution in [0.5, 0.6) is 0 Å². The van der Waals surface area contributed by atoms with E-state index < -0.39 is 30.3 Å². The van der Waals surface area contributed by atoms with E-state index >= 15 is 0 Å². The van der Waals surface area contributed by atoms with E-state index in [1.54, 1.807) is 0 Å². The van der Waals surface area contributed by atoms with Gasteiger partial charge >= 0.3 is 5.97 Å². The molecule has 0 aromatic rings. The van der Waals surface area contributed by atoms with Crippen LogP contribution in [-0.4, -0.2) is 45.6 Å². The van der Waals surface area contributed by atoms with Crippen LogP contribution in [0.1, 0.15) is 66.2 Å². The maximum Gasteiger partial charge on any atom is 0.333 e. The van der Waals surface area contributed by atoms with E-state index in [0.717, 1.165) is 31.3 Å². The maximum atomic E-state index is 11.1. The Bertz CT molecular complexity index is 700. The summed E-state index contributed by atoms with van der Waals surface area (Å²) in [4.78, 5) is 22.2. The van der Waals surface area contributed by atoms with Gasteiger partial charge in [0, 0.05) is 11.6 Å². The summed E-state index contributed by atoms with van der Waals surface area (Å²) in [7, 11) is 0. The molecule has 0 aliphatic carbocycles. The van der Waals surface area contributed by atoms with Crippen LogP contribution in [0.3, 0.4) is 0 Å². The molecule has 3 N–H and O–H groups in total. The Kier molecular flexibility index (Phi) is 11.5. The van der Waals surface area contributed by atoms with Gasteiger partial charge in [-0.3, -0.25) is 4.79 Å². The number of carbonyl (C=O) groups is 2. The van der Waals surface area contributed by atoms with Crippen molar-refractivity contribution in [3.63, 3.8) is 0 Å². The minimum absolute atomic E-state index is 0.293. The van der Waals surface area contributed by atoms with Gasteiger partial charge in [-0.2, -0.15) is 0 Å². The third kappa shape index (κ3) is 10.1. The first-order valence-corrected chi connectivity index (χ1v) is 10.6. The molecule has 1 aliphatic heterocycles. The topological polar surface area (TPSA) is 104 Å². The highest BCUT2D eigenvalue weighted by molar-refractivity contribution is 5.85. The molecule has 0 spiro atoms. The molecule has 1 rings (SSSR count). The molecule has 168 valence electrons. The van der Waals surface area contributed by atoms with Crippen molar-refractivity contribution < 1.29 is 29.6 Å². The molecule has 0 saturated heterocycles. The summed E-state index contributed by atoms with van der Waals surface area (Å²) in [5, 5.41) is 28.9. The minimum Gasteiger partial charge on any atom is -0.429 e. The van der Waals surface area contributed by atoms with E-state index in [-0.39, 0.29) is 0 Å². The van der Waals surface area contributed by atoms with E-state index in [1.807, 2.05) is 13.0 Å². The predicted molar refractivity (Wildman–Crippen MR) is 116 cm³/mol. The second-order valence-corrected chi connectivity index (χ2v) is 8.19. The first kappa shape index (κ1) is 26.0. The normalized spacial score (nSPS) is 20.8. The highest BCUT2D eigenvalue weighted by atomic mass is 16.6. The fraction of sp³-hybridized carbons (Fsp3) is 0.583. The Morgan fingerprint density at radius 3 is 2.53 bits per heavy atom. The molecule has 0 radical (unpaired) electrons. The molecule has 1 heterocycles. The number of aliphatic hydroxyl groups excluding tert-OH is 3. The summed E-state index contributed by atoms with van der Waals surface area (Å²) in [6.07, 6.45) is 10.7. The molecular formula is C24H36O6. The van der Waals surface area contributed by atoms with Gasteiger partial charge in [-0.25, -0.2) is 4.79 Å². The monoisotopic (exact) mass is 420 g/mol. The molecule has 6 nitrogen and oxygen atoms in total. The largest absolute Gasteiger partial charge is 0.429 e. The number of hydrogen-bond donors (Lipinski definition) is 3. The van der Waals surface area contributed by atoms with Crippen molar-refractivity contribution in [3.05, 3.63) is 47.1 Å². The molecule has 0 bridgehead atoms. The van der Waals surface area contributed by atoms with Gasteiger partial charge in [-0.05, 0) is 65.2 Å². The number of allylic oxidation sites excluding steroid dienone is 5. The fourth-order valence-corrected chi connectivity index (χ4v) is 3.19. The summed E-state index contributed by atoms with van der Waals surface area (Å²) in [6.45, 7) is 7.36. The van der Waals surface area contributed by atoms with Gasteiger partial charge < -0.3 is 20.1 Å². The highest BCUT2D eigenvalue weighted by Crippen LogP contribution is 2.20. The molecule has 0 aromatic heterocycles. The van der Waals surface area contributed by atoms with Gasteiger partial charge in [0.05, 0.1) is 6.10 Å². The number of carbonyl (C=O) groups excluding carboxylic acids is 2. The van der Waals surface area contributed by atoms with E-state index in [1.165, 1.54) is 18.6 Å². The van der Waals surface area contributed by atoms with Crippen molar-refractivity contribution in [3.8, 4) is 0 Å². The number of Topliss-reactive ketones (excluding diaryl/α,β-unsaturated/α-hetero) is 1. The van der Waals surface area contributed by atoms with Crippen LogP contribution < -0.4 is 0 Å². The molecule has 0 aromatic carbocycles. The van der Waals surface area contributed by atoms with Crippen LogP contribution in [0.2, 0.25) is 0 Å². The third-order valence-corrected chi connectivity index (χ3v) is 5.13. The number of hydrogen-bond acceptors (Lipinski definition) is 6. The standard InChI is InChI=1S/C24H36O6/c1-16(10-6-12-18(3)14-21(26)23(28)19(4)25)8-5-9-17(2)11-7-13-20-15-22(27)30-24(20)29/h5,8-9,12,15-16,21,23-24,26,28-29H,6-7,10-11,13-14H2,1-4H3/b8-5+,17-9+,18-12-/t16-,21+,23+,24-/m1/s1. The lowest BCUT2D eigenvalue weighted by atomic mass is 9.99. The average molecular weight is 421 g/mol. The zero-order chi connectivity index (χ0) is 22.7. The Hall–Kier alpha value is -2.02. The van der Waals surface area contributed by atoms with Gasteiger partial charge in [-0.15, -0.1) is 0 Å². The molecule has 0 saturated carbocycles. The molecule has 0 unspecified atom stereocenters. The van der Waals surface area contributed by atoms with Crippen molar-refractivity contribution in [2.45, 2.75) is 84.7 Å². The van der Waals surface area contributed by atoms with Gasteiger partial charge in [0.25, 0.3) is 0 Å². The van der Waals surface area contributed by atoms with Crippen molar-refractivity contribution in [1.29, 1.82) is 0 Å². The second-order valence-electron chi connectivity index (χ2n) is 8.19. The van der Waals surface area contributed by atoms with Crippen LogP contribution in [-0.2, 0) is 14.3 Å². The van der Waals surface area contributed by atoms with E-state index in [4.69, 9.17) is 0 Å². The van der Waals surface area contributed by atoms with Crippen molar-refractivity contribution in [2.24, 2.45) is 5.92 Å². The maximum absolute atomic E-state index is 11.1. The van der Waals surface area contributed by atoms with Crippen molar-refractivity contribution in [1.82, 2.24) is 0 Å². The predicted octanol–water partition coefficient (Wildman–Crippen LogP) is 3.52. The average Bonchev–Trinajstić information content (AvgIpc) is 2.98. The SMILES string of the molecule is CC(=O)[C@H](O)[C@@H](O)C/C(C)=C\CC[C@H](C)/C=C/C=C(\C)CCCC1=CC(=O)O[C@H]1O. The summed E-state index contributed by atoms with van der Waals surface area (Å²) >= 11 is 0. The van der Waals surface area contributed by atoms with Gasteiger partial charge in [0.15, 0.2) is 5.78 Å².